The third-order valence-electron chi connectivity index (χ3n) is 4.37. The highest BCUT2D eigenvalue weighted by atomic mass is 16.4. The summed E-state index contributed by atoms with van der Waals surface area (Å²) in [5, 5.41) is 19.8. The van der Waals surface area contributed by atoms with Gasteiger partial charge in [0.1, 0.15) is 0 Å². The SMILES string of the molecule is Cc1cc(C(=O)NC2(CC(=O)O)CCCC2)c2[nH]ncc2c1. The zero-order valence-electron chi connectivity index (χ0n) is 12.5. The van der Waals surface area contributed by atoms with Crippen LogP contribution in [0.4, 0.5) is 0 Å². The number of carboxylic acid groups (broad SMARTS) is 1. The molecule has 0 radical (unpaired) electrons. The highest BCUT2D eigenvalue weighted by Crippen LogP contribution is 2.33. The molecule has 1 amide bonds. The van der Waals surface area contributed by atoms with Crippen LogP contribution in [-0.4, -0.2) is 32.7 Å². The van der Waals surface area contributed by atoms with Crippen molar-refractivity contribution in [2.45, 2.75) is 44.6 Å². The number of carbonyl (C=O) groups excluding carboxylic acids is 1. The Bertz CT molecular complexity index is 729. The summed E-state index contributed by atoms with van der Waals surface area (Å²) in [6.07, 6.45) is 4.96. The smallest absolute Gasteiger partial charge is 0.305 e. The van der Waals surface area contributed by atoms with Gasteiger partial charge in [0, 0.05) is 5.39 Å². The molecule has 1 aromatic carbocycles. The molecule has 0 saturated heterocycles. The van der Waals surface area contributed by atoms with Gasteiger partial charge < -0.3 is 10.4 Å². The molecule has 1 aromatic heterocycles. The molecular formula is C16H19N3O3. The number of nitrogens with zero attached hydrogens (tertiary/aromatic N) is 1. The van der Waals surface area contributed by atoms with Crippen LogP contribution in [0.1, 0.15) is 48.0 Å². The number of aryl methyl sites for hydroxylation is 1. The predicted molar refractivity (Wildman–Crippen MR) is 81.7 cm³/mol. The topological polar surface area (TPSA) is 95.1 Å². The van der Waals surface area contributed by atoms with Crippen LogP contribution in [0.2, 0.25) is 0 Å². The van der Waals surface area contributed by atoms with E-state index in [0.717, 1.165) is 23.8 Å². The number of H-pyrrole nitrogens is 1. The van der Waals surface area contributed by atoms with Gasteiger partial charge in [-0.1, -0.05) is 12.8 Å². The number of carboxylic acids is 1. The van der Waals surface area contributed by atoms with E-state index in [0.29, 0.717) is 23.9 Å². The second kappa shape index (κ2) is 5.44. The number of amides is 1. The second-order valence-electron chi connectivity index (χ2n) is 6.16. The molecule has 1 fully saturated rings. The zero-order chi connectivity index (χ0) is 15.7. The molecule has 22 heavy (non-hydrogen) atoms. The molecule has 0 atom stereocenters. The fourth-order valence-electron chi connectivity index (χ4n) is 3.38. The lowest BCUT2D eigenvalue weighted by atomic mass is 9.92. The number of hydrogen-bond donors (Lipinski definition) is 3. The molecule has 6 nitrogen and oxygen atoms in total. The van der Waals surface area contributed by atoms with Crippen LogP contribution in [0.15, 0.2) is 18.3 Å². The van der Waals surface area contributed by atoms with Gasteiger partial charge in [0.15, 0.2) is 0 Å². The molecule has 3 rings (SSSR count). The van der Waals surface area contributed by atoms with Gasteiger partial charge >= 0.3 is 5.97 Å². The number of rotatable bonds is 4. The zero-order valence-corrected chi connectivity index (χ0v) is 12.5. The van der Waals surface area contributed by atoms with E-state index in [1.165, 1.54) is 0 Å². The lowest BCUT2D eigenvalue weighted by molar-refractivity contribution is -0.138. The van der Waals surface area contributed by atoms with Gasteiger partial charge in [-0.15, -0.1) is 0 Å². The molecular weight excluding hydrogens is 282 g/mol. The maximum absolute atomic E-state index is 12.7. The van der Waals surface area contributed by atoms with Gasteiger partial charge in [-0.05, 0) is 37.5 Å². The molecule has 1 heterocycles. The van der Waals surface area contributed by atoms with E-state index >= 15 is 0 Å². The Balaban J connectivity index is 1.92. The first-order valence-corrected chi connectivity index (χ1v) is 7.47. The number of carbonyl (C=O) groups is 2. The Hall–Kier alpha value is -2.37. The standard InChI is InChI=1S/C16H19N3O3/c1-10-6-11-9-17-19-14(11)12(7-10)15(22)18-16(8-13(20)21)4-2-3-5-16/h6-7,9H,2-5,8H2,1H3,(H,17,19)(H,18,22)(H,20,21). The Labute approximate surface area is 127 Å². The van der Waals surface area contributed by atoms with E-state index in [1.807, 2.05) is 13.0 Å². The van der Waals surface area contributed by atoms with Crippen LogP contribution in [0.25, 0.3) is 10.9 Å². The Kier molecular flexibility index (Phi) is 3.60. The predicted octanol–water partition coefficient (Wildman–Crippen LogP) is 2.39. The number of hydrogen-bond acceptors (Lipinski definition) is 3. The quantitative estimate of drug-likeness (QED) is 0.808. The van der Waals surface area contributed by atoms with Gasteiger partial charge in [-0.2, -0.15) is 5.10 Å². The molecule has 0 bridgehead atoms. The maximum atomic E-state index is 12.7. The van der Waals surface area contributed by atoms with Crippen molar-refractivity contribution in [2.75, 3.05) is 0 Å². The second-order valence-corrected chi connectivity index (χ2v) is 6.16. The summed E-state index contributed by atoms with van der Waals surface area (Å²) >= 11 is 0. The molecule has 116 valence electrons. The average Bonchev–Trinajstić information content (AvgIpc) is 3.06. The van der Waals surface area contributed by atoms with Crippen molar-refractivity contribution in [3.8, 4) is 0 Å². The molecule has 1 saturated carbocycles. The summed E-state index contributed by atoms with van der Waals surface area (Å²) in [5.74, 6) is -1.11. The van der Waals surface area contributed by atoms with E-state index in [2.05, 4.69) is 15.5 Å². The monoisotopic (exact) mass is 301 g/mol. The van der Waals surface area contributed by atoms with Crippen molar-refractivity contribution in [1.29, 1.82) is 0 Å². The molecule has 2 aromatic rings. The number of nitrogens with one attached hydrogen (secondary N) is 2. The molecule has 1 aliphatic rings. The minimum absolute atomic E-state index is 0.0311. The van der Waals surface area contributed by atoms with Crippen molar-refractivity contribution in [3.05, 3.63) is 29.5 Å². The van der Waals surface area contributed by atoms with Gasteiger partial charge in [0.25, 0.3) is 5.91 Å². The van der Waals surface area contributed by atoms with E-state index < -0.39 is 11.5 Å². The number of benzene rings is 1. The summed E-state index contributed by atoms with van der Waals surface area (Å²) in [7, 11) is 0. The Morgan fingerprint density at radius 2 is 2.09 bits per heavy atom. The third-order valence-corrected chi connectivity index (χ3v) is 4.37. The van der Waals surface area contributed by atoms with E-state index in [4.69, 9.17) is 5.11 Å². The summed E-state index contributed by atoms with van der Waals surface area (Å²) in [6, 6.07) is 3.76. The lowest BCUT2D eigenvalue weighted by Crippen LogP contribution is -2.47. The normalized spacial score (nSPS) is 16.8. The molecule has 0 unspecified atom stereocenters. The maximum Gasteiger partial charge on any atom is 0.305 e. The average molecular weight is 301 g/mol. The van der Waals surface area contributed by atoms with Crippen LogP contribution in [0.5, 0.6) is 0 Å². The number of fused-ring (bicyclic) bond motifs is 1. The summed E-state index contributed by atoms with van der Waals surface area (Å²) in [4.78, 5) is 23.8. The fraction of sp³-hybridized carbons (Fsp3) is 0.438. The van der Waals surface area contributed by atoms with Crippen molar-refractivity contribution in [3.63, 3.8) is 0 Å². The van der Waals surface area contributed by atoms with E-state index in [-0.39, 0.29) is 12.3 Å². The minimum Gasteiger partial charge on any atom is -0.481 e. The number of aromatic amines is 1. The largest absolute Gasteiger partial charge is 0.481 e. The summed E-state index contributed by atoms with van der Waals surface area (Å²) in [6.45, 7) is 1.92. The van der Waals surface area contributed by atoms with Crippen molar-refractivity contribution in [1.82, 2.24) is 15.5 Å². The fourth-order valence-corrected chi connectivity index (χ4v) is 3.38. The van der Waals surface area contributed by atoms with Crippen LogP contribution in [-0.2, 0) is 4.79 Å². The lowest BCUT2D eigenvalue weighted by Gasteiger charge is -2.28. The van der Waals surface area contributed by atoms with Gasteiger partial charge in [-0.3, -0.25) is 14.7 Å². The first-order valence-electron chi connectivity index (χ1n) is 7.47. The highest BCUT2D eigenvalue weighted by molar-refractivity contribution is 6.06. The van der Waals surface area contributed by atoms with Crippen LogP contribution in [0, 0.1) is 6.92 Å². The highest BCUT2D eigenvalue weighted by Gasteiger charge is 2.37. The van der Waals surface area contributed by atoms with Crippen molar-refractivity contribution in [2.24, 2.45) is 0 Å². The summed E-state index contributed by atoms with van der Waals surface area (Å²) in [5.41, 5.74) is 1.55. The van der Waals surface area contributed by atoms with Crippen LogP contribution >= 0.6 is 0 Å². The third kappa shape index (κ3) is 2.68. The van der Waals surface area contributed by atoms with Gasteiger partial charge in [0.05, 0.1) is 29.2 Å². The van der Waals surface area contributed by atoms with Crippen LogP contribution in [0.3, 0.4) is 0 Å². The van der Waals surface area contributed by atoms with E-state index in [9.17, 15) is 9.59 Å². The number of aliphatic carboxylic acids is 1. The summed E-state index contributed by atoms with van der Waals surface area (Å²) < 4.78 is 0. The molecule has 0 spiro atoms. The van der Waals surface area contributed by atoms with Crippen molar-refractivity contribution < 1.29 is 14.7 Å². The first-order chi connectivity index (χ1) is 10.5. The first kappa shape index (κ1) is 14.6. The Morgan fingerprint density at radius 3 is 2.77 bits per heavy atom. The Morgan fingerprint density at radius 1 is 1.36 bits per heavy atom. The van der Waals surface area contributed by atoms with Gasteiger partial charge in [-0.25, -0.2) is 0 Å². The van der Waals surface area contributed by atoms with Crippen molar-refractivity contribution >= 4 is 22.8 Å². The molecule has 3 N–H and O–H groups in total. The van der Waals surface area contributed by atoms with E-state index in [1.54, 1.807) is 12.3 Å². The molecule has 0 aliphatic heterocycles. The molecule has 6 heteroatoms. The molecule has 1 aliphatic carbocycles. The number of aromatic nitrogens is 2. The van der Waals surface area contributed by atoms with Gasteiger partial charge in [0.2, 0.25) is 0 Å². The van der Waals surface area contributed by atoms with Crippen LogP contribution < -0.4 is 5.32 Å². The minimum atomic E-state index is -0.877.